The number of phenolic OH excluding ortho intramolecular Hbond substituents is 5. The smallest absolute Gasteiger partial charge is 0.402 e. The van der Waals surface area contributed by atoms with Crippen molar-refractivity contribution in [3.05, 3.63) is 77.9 Å². The highest BCUT2D eigenvalue weighted by molar-refractivity contribution is 5.90. The Hall–Kier alpha value is -8.21. The van der Waals surface area contributed by atoms with Gasteiger partial charge in [-0.15, -0.1) is 0 Å². The van der Waals surface area contributed by atoms with Gasteiger partial charge in [-0.05, 0) is 47.5 Å². The minimum Gasteiger partial charge on any atom is -0.507 e. The lowest BCUT2D eigenvalue weighted by molar-refractivity contribution is -0.278. The van der Waals surface area contributed by atoms with Crippen molar-refractivity contribution < 1.29 is 147 Å². The van der Waals surface area contributed by atoms with Crippen LogP contribution in [0.5, 0.6) is 69.0 Å². The summed E-state index contributed by atoms with van der Waals surface area (Å²) in [6.07, 6.45) is -23.6. The van der Waals surface area contributed by atoms with E-state index in [2.05, 4.69) is 0 Å². The number of aromatic hydroxyl groups is 5. The van der Waals surface area contributed by atoms with Crippen LogP contribution in [0.15, 0.2) is 71.2 Å². The van der Waals surface area contributed by atoms with E-state index in [-0.39, 0.29) is 56.8 Å². The summed E-state index contributed by atoms with van der Waals surface area (Å²) in [6.45, 7) is -2.35. The molecule has 1 aromatic heterocycles. The van der Waals surface area contributed by atoms with Gasteiger partial charge in [0.25, 0.3) is 0 Å². The number of ether oxygens (including phenoxy) is 12. The molecule has 0 amide bonds. The highest BCUT2D eigenvalue weighted by Crippen LogP contribution is 2.47. The van der Waals surface area contributed by atoms with Gasteiger partial charge in [0.15, 0.2) is 34.5 Å². The van der Waals surface area contributed by atoms with Crippen molar-refractivity contribution in [2.75, 3.05) is 48.3 Å². The second-order valence-corrected chi connectivity index (χ2v) is 19.2. The van der Waals surface area contributed by atoms with Crippen molar-refractivity contribution in [3.8, 4) is 80.3 Å². The normalized spacial score (nSPS) is 27.8. The number of fused-ring (bicyclic) bond motifs is 1. The zero-order valence-electron chi connectivity index (χ0n) is 45.1. The van der Waals surface area contributed by atoms with Crippen LogP contribution in [0.4, 0.5) is 0 Å². The van der Waals surface area contributed by atoms with Crippen LogP contribution >= 0.6 is 0 Å². The average molecular weight is 1200 g/mol. The molecule has 3 aliphatic rings. The molecular formula is C55H61O30+. The standard InChI is InChI=1S/C55H60O30/c1-73-29-9-21(10-30(74-2)41(29)62)5-7-38(59)77-19-36-44(65)47(68)49(70)53(84-36)79-24-15-26(57)25-17-34(82-55-50(71)46(67)43(64)35(18-56)83-55)52(80-28(25)16-24)23-13-27(58)40(61)33(14-23)81-54-51(72)48(69)45(66)37(85-54)20-78-39(60)8-6-22-11-31(75-3)42(63)32(12-22)76-4/h5-17,35-37,43-51,53-56,64-72H,18-20H2,1-4H3,(H4-,57,58,59,60,61,62,63)/p+1. The minimum absolute atomic E-state index is 0.0295. The van der Waals surface area contributed by atoms with Gasteiger partial charge in [-0.1, -0.05) is 0 Å². The number of aliphatic hydroxyl groups is 10. The first-order valence-corrected chi connectivity index (χ1v) is 25.5. The lowest BCUT2D eigenvalue weighted by Crippen LogP contribution is -2.60. The first-order valence-electron chi connectivity index (χ1n) is 25.5. The van der Waals surface area contributed by atoms with E-state index in [1.807, 2.05) is 0 Å². The van der Waals surface area contributed by atoms with E-state index < -0.39 is 158 Å². The Kier molecular flexibility index (Phi) is 19.8. The number of rotatable bonds is 20. The molecule has 15 unspecified atom stereocenters. The van der Waals surface area contributed by atoms with Crippen LogP contribution < -0.4 is 33.2 Å². The summed E-state index contributed by atoms with van der Waals surface area (Å²) in [5.74, 6) is -7.11. The van der Waals surface area contributed by atoms with E-state index in [9.17, 15) is 86.2 Å². The van der Waals surface area contributed by atoms with Gasteiger partial charge in [-0.2, -0.15) is 0 Å². The van der Waals surface area contributed by atoms with E-state index in [0.29, 0.717) is 11.1 Å². The largest absolute Gasteiger partial charge is 0.507 e. The molecule has 0 spiro atoms. The zero-order valence-corrected chi connectivity index (χ0v) is 45.1. The second kappa shape index (κ2) is 26.8. The van der Waals surface area contributed by atoms with Gasteiger partial charge in [-0.25, -0.2) is 14.0 Å². The molecule has 30 heteroatoms. The van der Waals surface area contributed by atoms with Crippen molar-refractivity contribution in [2.24, 2.45) is 0 Å². The topological polar surface area (TPSA) is 460 Å². The molecule has 8 rings (SSSR count). The molecule has 460 valence electrons. The molecule has 15 N–H and O–H groups in total. The summed E-state index contributed by atoms with van der Waals surface area (Å²) in [5, 5.41) is 161. The van der Waals surface area contributed by atoms with Gasteiger partial charge in [0.1, 0.15) is 103 Å². The molecule has 3 fully saturated rings. The van der Waals surface area contributed by atoms with E-state index in [1.165, 1.54) is 64.9 Å². The first-order chi connectivity index (χ1) is 40.5. The average Bonchev–Trinajstić information content (AvgIpc) is 1.32. The number of methoxy groups -OCH3 is 4. The maximum absolute atomic E-state index is 12.8. The Balaban J connectivity index is 1.06. The third-order valence-electron chi connectivity index (χ3n) is 13.7. The van der Waals surface area contributed by atoms with Crippen LogP contribution in [0.2, 0.25) is 0 Å². The van der Waals surface area contributed by atoms with Crippen LogP contribution in [0.3, 0.4) is 0 Å². The van der Waals surface area contributed by atoms with Gasteiger partial charge in [-0.3, -0.25) is 0 Å². The SMILES string of the molecule is COc1cc(C=CC(=O)OCC2OC(Oc3cc(O)c4cc(OC5OC(CO)C(O)C(O)C5O)c(-c5cc(O)c(O)c(OC6OC(COC(=O)C=Cc7cc(OC)c(O)c(OC)c7)C(O)C(O)C6O)c5)[o+]c4c3)C(O)C(O)C2O)cc(OC)c1O. The molecule has 4 heterocycles. The van der Waals surface area contributed by atoms with Crippen molar-refractivity contribution in [2.45, 2.75) is 92.1 Å². The Bertz CT molecular complexity index is 3210. The Morgan fingerprint density at radius 1 is 0.471 bits per heavy atom. The molecular weight excluding hydrogens is 1140 g/mol. The summed E-state index contributed by atoms with van der Waals surface area (Å²) >= 11 is 0. The number of aliphatic hydroxyl groups excluding tert-OH is 10. The van der Waals surface area contributed by atoms with Crippen LogP contribution in [-0.2, 0) is 33.3 Å². The molecule has 3 aliphatic heterocycles. The first kappa shape index (κ1) is 62.8. The molecule has 85 heavy (non-hydrogen) atoms. The van der Waals surface area contributed by atoms with E-state index in [4.69, 9.17) is 61.3 Å². The number of hydrogen-bond acceptors (Lipinski definition) is 29. The van der Waals surface area contributed by atoms with Crippen molar-refractivity contribution >= 4 is 35.1 Å². The van der Waals surface area contributed by atoms with E-state index >= 15 is 0 Å². The number of hydrogen-bond donors (Lipinski definition) is 15. The third-order valence-corrected chi connectivity index (χ3v) is 13.7. The summed E-state index contributed by atoms with van der Waals surface area (Å²) in [5.41, 5.74) is 0.0437. The zero-order chi connectivity index (χ0) is 61.7. The summed E-state index contributed by atoms with van der Waals surface area (Å²) in [4.78, 5) is 25.6. The van der Waals surface area contributed by atoms with Crippen LogP contribution in [0.25, 0.3) is 34.4 Å². The lowest BCUT2D eigenvalue weighted by Gasteiger charge is -2.39. The van der Waals surface area contributed by atoms with Crippen molar-refractivity contribution in [1.82, 2.24) is 0 Å². The van der Waals surface area contributed by atoms with Gasteiger partial charge in [0.05, 0.1) is 46.7 Å². The minimum atomic E-state index is -2.10. The fourth-order valence-corrected chi connectivity index (χ4v) is 8.97. The lowest BCUT2D eigenvalue weighted by atomic mass is 9.99. The van der Waals surface area contributed by atoms with E-state index in [0.717, 1.165) is 42.5 Å². The molecule has 0 saturated carbocycles. The van der Waals surface area contributed by atoms with Crippen LogP contribution in [0, 0.1) is 0 Å². The molecule has 0 radical (unpaired) electrons. The quantitative estimate of drug-likeness (QED) is 0.0192. The van der Waals surface area contributed by atoms with Crippen LogP contribution in [0.1, 0.15) is 11.1 Å². The molecule has 30 nitrogen and oxygen atoms in total. The molecule has 4 aromatic carbocycles. The maximum atomic E-state index is 12.8. The Morgan fingerprint density at radius 3 is 1.34 bits per heavy atom. The summed E-state index contributed by atoms with van der Waals surface area (Å²) in [6, 6.07) is 10.6. The Labute approximate surface area is 480 Å². The second-order valence-electron chi connectivity index (χ2n) is 19.2. The van der Waals surface area contributed by atoms with Gasteiger partial charge in [0, 0.05) is 36.4 Å². The monoisotopic (exact) mass is 1200 g/mol. The van der Waals surface area contributed by atoms with Gasteiger partial charge in [0.2, 0.25) is 41.9 Å². The Morgan fingerprint density at radius 2 is 0.894 bits per heavy atom. The predicted octanol–water partition coefficient (Wildman–Crippen LogP) is -0.992. The number of esters is 2. The summed E-state index contributed by atoms with van der Waals surface area (Å²) in [7, 11) is 5.21. The summed E-state index contributed by atoms with van der Waals surface area (Å²) < 4.78 is 71.7. The van der Waals surface area contributed by atoms with Crippen LogP contribution in [-0.4, -0.2) is 229 Å². The fraction of sp³-hybridized carbons (Fsp3) is 0.400. The highest BCUT2D eigenvalue weighted by Gasteiger charge is 2.49. The maximum Gasteiger partial charge on any atom is 0.402 e. The predicted molar refractivity (Wildman–Crippen MR) is 282 cm³/mol. The number of phenols is 5. The molecule has 5 aromatic rings. The fourth-order valence-electron chi connectivity index (χ4n) is 8.97. The number of carbonyl (C=O) groups excluding carboxylic acids is 2. The third kappa shape index (κ3) is 13.7. The molecule has 3 saturated heterocycles. The van der Waals surface area contributed by atoms with Crippen molar-refractivity contribution in [1.29, 1.82) is 0 Å². The van der Waals surface area contributed by atoms with Crippen molar-refractivity contribution in [3.63, 3.8) is 0 Å². The van der Waals surface area contributed by atoms with Gasteiger partial charge < -0.3 is 133 Å². The highest BCUT2D eigenvalue weighted by atomic mass is 16.7. The number of benzene rings is 4. The van der Waals surface area contributed by atoms with E-state index in [1.54, 1.807) is 0 Å². The molecule has 0 aliphatic carbocycles. The molecule has 0 bridgehead atoms. The molecule has 15 atom stereocenters. The number of carbonyl (C=O) groups is 2. The van der Waals surface area contributed by atoms with Gasteiger partial charge >= 0.3 is 23.3 Å².